The number of amides is 1. The van der Waals surface area contributed by atoms with Crippen LogP contribution in [0.25, 0.3) is 10.8 Å². The molecule has 0 N–H and O–H groups in total. The second-order valence-electron chi connectivity index (χ2n) is 6.95. The van der Waals surface area contributed by atoms with Gasteiger partial charge in [-0.15, -0.1) is 0 Å². The van der Waals surface area contributed by atoms with Crippen molar-refractivity contribution in [1.82, 2.24) is 9.80 Å². The van der Waals surface area contributed by atoms with Gasteiger partial charge in [0.15, 0.2) is 0 Å². The fraction of sp³-hybridized carbons (Fsp3) is 0.261. The lowest BCUT2D eigenvalue weighted by Crippen LogP contribution is -2.37. The molecule has 3 rings (SSSR count). The van der Waals surface area contributed by atoms with Crippen LogP contribution in [0.3, 0.4) is 0 Å². The van der Waals surface area contributed by atoms with Crippen LogP contribution in [0, 0.1) is 0 Å². The molecule has 1 amide bonds. The molecule has 1 atom stereocenters. The number of carbonyl (C=O) groups is 1. The van der Waals surface area contributed by atoms with Gasteiger partial charge in [0, 0.05) is 13.6 Å². The summed E-state index contributed by atoms with van der Waals surface area (Å²) in [5, 5.41) is 2.48. The first-order valence-electron chi connectivity index (χ1n) is 9.01. The zero-order valence-corrected chi connectivity index (χ0v) is 15.7. The number of likely N-dealkylation sites (N-methyl/N-ethyl adjacent to an activating group) is 2. The lowest BCUT2D eigenvalue weighted by Gasteiger charge is -2.27. The maximum absolute atomic E-state index is 12.7. The van der Waals surface area contributed by atoms with Crippen molar-refractivity contribution in [3.05, 3.63) is 83.9 Å². The van der Waals surface area contributed by atoms with E-state index in [0.717, 1.165) is 12.1 Å². The first-order chi connectivity index (χ1) is 12.5. The maximum atomic E-state index is 12.7. The second kappa shape index (κ2) is 8.15. The molecular formula is C23H26N2O. The third-order valence-electron chi connectivity index (χ3n) is 4.93. The number of hydrogen-bond acceptors (Lipinski definition) is 2. The van der Waals surface area contributed by atoms with E-state index < -0.39 is 0 Å². The average Bonchev–Trinajstić information content (AvgIpc) is 2.67. The molecule has 0 saturated heterocycles. The molecule has 0 bridgehead atoms. The first-order valence-corrected chi connectivity index (χ1v) is 9.01. The summed E-state index contributed by atoms with van der Waals surface area (Å²) in [6.07, 6.45) is 0. The topological polar surface area (TPSA) is 23.6 Å². The fourth-order valence-corrected chi connectivity index (χ4v) is 3.22. The summed E-state index contributed by atoms with van der Waals surface area (Å²) in [6, 6.07) is 25.0. The lowest BCUT2D eigenvalue weighted by atomic mass is 10.1. The Morgan fingerprint density at radius 3 is 2.27 bits per heavy atom. The predicted octanol–water partition coefficient (Wildman–Crippen LogP) is 4.49. The van der Waals surface area contributed by atoms with Gasteiger partial charge >= 0.3 is 0 Å². The van der Waals surface area contributed by atoms with Crippen LogP contribution in [0.4, 0.5) is 0 Å². The zero-order chi connectivity index (χ0) is 18.5. The molecule has 0 aliphatic carbocycles. The van der Waals surface area contributed by atoms with Crippen LogP contribution in [0.1, 0.15) is 24.1 Å². The Hall–Kier alpha value is -2.65. The second-order valence-corrected chi connectivity index (χ2v) is 6.95. The monoisotopic (exact) mass is 346 g/mol. The molecule has 0 fully saturated rings. The number of nitrogens with zero attached hydrogens (tertiary/aromatic N) is 2. The van der Waals surface area contributed by atoms with E-state index in [4.69, 9.17) is 0 Å². The Balaban J connectivity index is 1.61. The summed E-state index contributed by atoms with van der Waals surface area (Å²) in [7, 11) is 3.87. The van der Waals surface area contributed by atoms with E-state index in [0.29, 0.717) is 6.54 Å². The number of rotatable bonds is 6. The molecule has 0 heterocycles. The van der Waals surface area contributed by atoms with Crippen molar-refractivity contribution >= 4 is 16.7 Å². The van der Waals surface area contributed by atoms with Crippen molar-refractivity contribution in [3.63, 3.8) is 0 Å². The van der Waals surface area contributed by atoms with Gasteiger partial charge in [0.2, 0.25) is 5.91 Å². The van der Waals surface area contributed by atoms with Crippen molar-refractivity contribution < 1.29 is 4.79 Å². The number of hydrogen-bond donors (Lipinski definition) is 0. The molecule has 0 aromatic heterocycles. The summed E-state index contributed by atoms with van der Waals surface area (Å²) < 4.78 is 0. The minimum absolute atomic E-state index is 0.0674. The molecule has 0 saturated carbocycles. The van der Waals surface area contributed by atoms with E-state index in [2.05, 4.69) is 66.4 Å². The normalized spacial score (nSPS) is 12.3. The first kappa shape index (κ1) is 18.2. The molecule has 3 aromatic rings. The van der Waals surface area contributed by atoms with Gasteiger partial charge in [-0.05, 0) is 41.9 Å². The van der Waals surface area contributed by atoms with E-state index in [-0.39, 0.29) is 11.9 Å². The van der Waals surface area contributed by atoms with Crippen LogP contribution in [-0.4, -0.2) is 36.3 Å². The Kier molecular flexibility index (Phi) is 5.69. The van der Waals surface area contributed by atoms with Crippen LogP contribution in [0.15, 0.2) is 72.8 Å². The van der Waals surface area contributed by atoms with Gasteiger partial charge in [-0.3, -0.25) is 9.69 Å². The molecule has 3 nitrogen and oxygen atoms in total. The van der Waals surface area contributed by atoms with Crippen LogP contribution < -0.4 is 0 Å². The van der Waals surface area contributed by atoms with Crippen LogP contribution in [0.5, 0.6) is 0 Å². The van der Waals surface area contributed by atoms with E-state index >= 15 is 0 Å². The number of benzene rings is 3. The van der Waals surface area contributed by atoms with E-state index in [9.17, 15) is 4.79 Å². The van der Waals surface area contributed by atoms with Gasteiger partial charge < -0.3 is 4.90 Å². The predicted molar refractivity (Wildman–Crippen MR) is 108 cm³/mol. The van der Waals surface area contributed by atoms with E-state index in [1.807, 2.05) is 37.2 Å². The minimum atomic E-state index is 0.0674. The largest absolute Gasteiger partial charge is 0.338 e. The highest BCUT2D eigenvalue weighted by molar-refractivity contribution is 5.83. The lowest BCUT2D eigenvalue weighted by molar-refractivity contribution is -0.132. The van der Waals surface area contributed by atoms with Gasteiger partial charge in [0.05, 0.1) is 12.6 Å². The van der Waals surface area contributed by atoms with E-state index in [1.165, 1.54) is 16.3 Å². The van der Waals surface area contributed by atoms with Gasteiger partial charge in [-0.25, -0.2) is 0 Å². The SMILES string of the molecule is CC(c1ccccc1)N(C)C(=O)CN(C)Cc1ccc2ccccc2c1. The highest BCUT2D eigenvalue weighted by Gasteiger charge is 2.18. The minimum Gasteiger partial charge on any atom is -0.338 e. The Labute approximate surface area is 155 Å². The Bertz CT molecular complexity index is 876. The van der Waals surface area contributed by atoms with Crippen molar-refractivity contribution in [3.8, 4) is 0 Å². The van der Waals surface area contributed by atoms with Crippen molar-refractivity contribution in [2.45, 2.75) is 19.5 Å². The fourth-order valence-electron chi connectivity index (χ4n) is 3.22. The highest BCUT2D eigenvalue weighted by atomic mass is 16.2. The van der Waals surface area contributed by atoms with Crippen molar-refractivity contribution in [2.24, 2.45) is 0 Å². The number of carbonyl (C=O) groups excluding carboxylic acids is 1. The molecule has 1 unspecified atom stereocenters. The van der Waals surface area contributed by atoms with E-state index in [1.54, 1.807) is 0 Å². The molecule has 26 heavy (non-hydrogen) atoms. The molecule has 134 valence electrons. The van der Waals surface area contributed by atoms with Gasteiger partial charge in [0.25, 0.3) is 0 Å². The highest BCUT2D eigenvalue weighted by Crippen LogP contribution is 2.19. The summed E-state index contributed by atoms with van der Waals surface area (Å²) in [5.74, 6) is 0.129. The summed E-state index contributed by atoms with van der Waals surface area (Å²) in [4.78, 5) is 16.6. The molecule has 0 aliphatic heterocycles. The van der Waals surface area contributed by atoms with Crippen molar-refractivity contribution in [2.75, 3.05) is 20.6 Å². The summed E-state index contributed by atoms with van der Waals surface area (Å²) in [5.41, 5.74) is 2.37. The summed E-state index contributed by atoms with van der Waals surface area (Å²) in [6.45, 7) is 3.22. The average molecular weight is 346 g/mol. The van der Waals surface area contributed by atoms with Crippen LogP contribution in [0.2, 0.25) is 0 Å². The van der Waals surface area contributed by atoms with Gasteiger partial charge in [-0.2, -0.15) is 0 Å². The molecule has 0 aliphatic rings. The van der Waals surface area contributed by atoms with Crippen LogP contribution >= 0.6 is 0 Å². The molecule has 3 aromatic carbocycles. The standard InChI is InChI=1S/C23H26N2O/c1-18(20-9-5-4-6-10-20)25(3)23(26)17-24(2)16-19-13-14-21-11-7-8-12-22(21)15-19/h4-15,18H,16-17H2,1-3H3. The van der Waals surface area contributed by atoms with Gasteiger partial charge in [-0.1, -0.05) is 66.7 Å². The Morgan fingerprint density at radius 1 is 0.885 bits per heavy atom. The summed E-state index contributed by atoms with van der Waals surface area (Å²) >= 11 is 0. The molecule has 3 heteroatoms. The maximum Gasteiger partial charge on any atom is 0.236 e. The third-order valence-corrected chi connectivity index (χ3v) is 4.93. The molecular weight excluding hydrogens is 320 g/mol. The quantitative estimate of drug-likeness (QED) is 0.656. The van der Waals surface area contributed by atoms with Crippen molar-refractivity contribution in [1.29, 1.82) is 0 Å². The molecule has 0 radical (unpaired) electrons. The zero-order valence-electron chi connectivity index (χ0n) is 15.7. The number of fused-ring (bicyclic) bond motifs is 1. The smallest absolute Gasteiger partial charge is 0.236 e. The van der Waals surface area contributed by atoms with Gasteiger partial charge in [0.1, 0.15) is 0 Å². The molecule has 0 spiro atoms. The Morgan fingerprint density at radius 2 is 1.54 bits per heavy atom. The third kappa shape index (κ3) is 4.30. The van der Waals surface area contributed by atoms with Crippen LogP contribution in [-0.2, 0) is 11.3 Å².